The summed E-state index contributed by atoms with van der Waals surface area (Å²) >= 11 is 0. The molecule has 0 spiro atoms. The second kappa shape index (κ2) is 4.84. The Morgan fingerprint density at radius 1 is 1.00 bits per heavy atom. The maximum absolute atomic E-state index is 5.60. The van der Waals surface area contributed by atoms with Gasteiger partial charge in [0.25, 0.3) is 0 Å². The van der Waals surface area contributed by atoms with E-state index in [4.69, 9.17) is 4.74 Å². The van der Waals surface area contributed by atoms with Gasteiger partial charge in [0.2, 0.25) is 0 Å². The van der Waals surface area contributed by atoms with E-state index in [9.17, 15) is 0 Å². The molecule has 2 nitrogen and oxygen atoms in total. The Morgan fingerprint density at radius 3 is 2.40 bits per heavy atom. The lowest BCUT2D eigenvalue weighted by Gasteiger charge is -2.35. The van der Waals surface area contributed by atoms with Crippen LogP contribution >= 0.6 is 0 Å². The van der Waals surface area contributed by atoms with Gasteiger partial charge in [-0.2, -0.15) is 0 Å². The molecule has 0 aromatic heterocycles. The van der Waals surface area contributed by atoms with E-state index in [1.54, 1.807) is 0 Å². The number of hydrogen-bond donors (Lipinski definition) is 1. The van der Waals surface area contributed by atoms with Crippen LogP contribution in [0.4, 0.5) is 0 Å². The van der Waals surface area contributed by atoms with Crippen molar-refractivity contribution in [2.24, 2.45) is 11.8 Å². The maximum atomic E-state index is 5.60. The summed E-state index contributed by atoms with van der Waals surface area (Å²) in [7, 11) is 0. The SMILES string of the molecule is CC1CCC(NC2CCOC2C)C(C)C1. The second-order valence-corrected chi connectivity index (χ2v) is 5.64. The molecular weight excluding hydrogens is 186 g/mol. The number of rotatable bonds is 2. The van der Waals surface area contributed by atoms with E-state index >= 15 is 0 Å². The van der Waals surface area contributed by atoms with Crippen molar-refractivity contribution in [2.45, 2.75) is 64.6 Å². The van der Waals surface area contributed by atoms with Crippen molar-refractivity contribution < 1.29 is 4.74 Å². The second-order valence-electron chi connectivity index (χ2n) is 5.64. The molecule has 5 unspecified atom stereocenters. The van der Waals surface area contributed by atoms with Crippen LogP contribution in [0.25, 0.3) is 0 Å². The van der Waals surface area contributed by atoms with Crippen LogP contribution in [0.5, 0.6) is 0 Å². The predicted molar refractivity (Wildman–Crippen MR) is 62.9 cm³/mol. The van der Waals surface area contributed by atoms with Crippen molar-refractivity contribution in [1.29, 1.82) is 0 Å². The molecule has 1 saturated carbocycles. The maximum Gasteiger partial charge on any atom is 0.0700 e. The third kappa shape index (κ3) is 2.73. The molecule has 0 radical (unpaired) electrons. The minimum absolute atomic E-state index is 0.413. The minimum Gasteiger partial charge on any atom is -0.377 e. The topological polar surface area (TPSA) is 21.3 Å². The molecule has 1 aliphatic carbocycles. The number of nitrogens with one attached hydrogen (secondary N) is 1. The Labute approximate surface area is 93.8 Å². The first-order valence-electron chi connectivity index (χ1n) is 6.54. The van der Waals surface area contributed by atoms with E-state index in [2.05, 4.69) is 26.1 Å². The van der Waals surface area contributed by atoms with Gasteiger partial charge in [-0.15, -0.1) is 0 Å². The van der Waals surface area contributed by atoms with E-state index in [1.165, 1.54) is 25.7 Å². The minimum atomic E-state index is 0.413. The molecule has 0 aromatic rings. The van der Waals surface area contributed by atoms with Crippen molar-refractivity contribution in [2.75, 3.05) is 6.61 Å². The first-order chi connectivity index (χ1) is 7.16. The van der Waals surface area contributed by atoms with Gasteiger partial charge in [0.15, 0.2) is 0 Å². The van der Waals surface area contributed by atoms with Gasteiger partial charge >= 0.3 is 0 Å². The fourth-order valence-corrected chi connectivity index (χ4v) is 3.14. The molecule has 0 amide bonds. The first kappa shape index (κ1) is 11.4. The monoisotopic (exact) mass is 211 g/mol. The fourth-order valence-electron chi connectivity index (χ4n) is 3.14. The largest absolute Gasteiger partial charge is 0.377 e. The lowest BCUT2D eigenvalue weighted by Crippen LogP contribution is -2.47. The average Bonchev–Trinajstić information content (AvgIpc) is 2.57. The molecule has 0 aromatic carbocycles. The molecule has 88 valence electrons. The Bertz CT molecular complexity index is 207. The zero-order valence-electron chi connectivity index (χ0n) is 10.3. The highest BCUT2D eigenvalue weighted by molar-refractivity contribution is 4.87. The molecule has 1 aliphatic heterocycles. The Balaban J connectivity index is 1.83. The van der Waals surface area contributed by atoms with Crippen LogP contribution in [0, 0.1) is 11.8 Å². The van der Waals surface area contributed by atoms with Crippen LogP contribution < -0.4 is 5.32 Å². The van der Waals surface area contributed by atoms with Crippen molar-refractivity contribution in [3.8, 4) is 0 Å². The van der Waals surface area contributed by atoms with Crippen LogP contribution in [-0.2, 0) is 4.74 Å². The van der Waals surface area contributed by atoms with Crippen LogP contribution in [0.3, 0.4) is 0 Å². The molecular formula is C13H25NO. The van der Waals surface area contributed by atoms with Gasteiger partial charge in [-0.05, 0) is 44.4 Å². The smallest absolute Gasteiger partial charge is 0.0700 e. The van der Waals surface area contributed by atoms with Gasteiger partial charge < -0.3 is 10.1 Å². The average molecular weight is 211 g/mol. The van der Waals surface area contributed by atoms with E-state index in [0.717, 1.165) is 24.5 Å². The van der Waals surface area contributed by atoms with E-state index in [1.807, 2.05) is 0 Å². The Morgan fingerprint density at radius 2 is 1.80 bits per heavy atom. The van der Waals surface area contributed by atoms with Crippen LogP contribution in [0.15, 0.2) is 0 Å². The zero-order chi connectivity index (χ0) is 10.8. The normalized spacial score (nSPS) is 47.0. The summed E-state index contributed by atoms with van der Waals surface area (Å²) in [6.07, 6.45) is 5.74. The molecule has 15 heavy (non-hydrogen) atoms. The lowest BCUT2D eigenvalue weighted by molar-refractivity contribution is 0.104. The van der Waals surface area contributed by atoms with Gasteiger partial charge in [0.05, 0.1) is 6.10 Å². The van der Waals surface area contributed by atoms with Crippen molar-refractivity contribution in [3.63, 3.8) is 0 Å². The standard InChI is InChI=1S/C13H25NO/c1-9-4-5-12(10(2)8-9)14-13-6-7-15-11(13)3/h9-14H,4-8H2,1-3H3. The quantitative estimate of drug-likeness (QED) is 0.758. The third-order valence-electron chi connectivity index (χ3n) is 4.24. The fraction of sp³-hybridized carbons (Fsp3) is 1.00. The zero-order valence-corrected chi connectivity index (χ0v) is 10.3. The van der Waals surface area contributed by atoms with E-state index in [-0.39, 0.29) is 0 Å². The van der Waals surface area contributed by atoms with Crippen molar-refractivity contribution in [1.82, 2.24) is 5.32 Å². The van der Waals surface area contributed by atoms with Gasteiger partial charge in [-0.3, -0.25) is 0 Å². The molecule has 5 atom stereocenters. The van der Waals surface area contributed by atoms with E-state index in [0.29, 0.717) is 12.1 Å². The van der Waals surface area contributed by atoms with Crippen molar-refractivity contribution in [3.05, 3.63) is 0 Å². The molecule has 2 rings (SSSR count). The molecule has 2 fully saturated rings. The summed E-state index contributed by atoms with van der Waals surface area (Å²) in [6.45, 7) is 7.92. The highest BCUT2D eigenvalue weighted by atomic mass is 16.5. The summed E-state index contributed by atoms with van der Waals surface area (Å²) < 4.78 is 5.60. The molecule has 1 saturated heterocycles. The van der Waals surface area contributed by atoms with Gasteiger partial charge in [0.1, 0.15) is 0 Å². The van der Waals surface area contributed by atoms with Crippen LogP contribution in [0.2, 0.25) is 0 Å². The first-order valence-corrected chi connectivity index (χ1v) is 6.54. The van der Waals surface area contributed by atoms with Gasteiger partial charge in [0, 0.05) is 18.7 Å². The molecule has 2 aliphatic rings. The summed E-state index contributed by atoms with van der Waals surface area (Å²) in [5.41, 5.74) is 0. The Kier molecular flexibility index (Phi) is 3.68. The van der Waals surface area contributed by atoms with Crippen molar-refractivity contribution >= 4 is 0 Å². The third-order valence-corrected chi connectivity index (χ3v) is 4.24. The Hall–Kier alpha value is -0.0800. The number of ether oxygens (including phenoxy) is 1. The summed E-state index contributed by atoms with van der Waals surface area (Å²) in [5, 5.41) is 3.81. The summed E-state index contributed by atoms with van der Waals surface area (Å²) in [5.74, 6) is 1.76. The van der Waals surface area contributed by atoms with Crippen LogP contribution in [-0.4, -0.2) is 24.8 Å². The van der Waals surface area contributed by atoms with Gasteiger partial charge in [-0.25, -0.2) is 0 Å². The number of hydrogen-bond acceptors (Lipinski definition) is 2. The molecule has 1 N–H and O–H groups in total. The molecule has 1 heterocycles. The van der Waals surface area contributed by atoms with Gasteiger partial charge in [-0.1, -0.05) is 13.8 Å². The lowest BCUT2D eigenvalue weighted by atomic mass is 9.79. The highest BCUT2D eigenvalue weighted by Gasteiger charge is 2.31. The molecule has 2 heteroatoms. The van der Waals surface area contributed by atoms with E-state index < -0.39 is 0 Å². The predicted octanol–water partition coefficient (Wildman–Crippen LogP) is 2.58. The summed E-state index contributed by atoms with van der Waals surface area (Å²) in [4.78, 5) is 0. The van der Waals surface area contributed by atoms with Crippen LogP contribution in [0.1, 0.15) is 46.5 Å². The molecule has 0 bridgehead atoms. The highest BCUT2D eigenvalue weighted by Crippen LogP contribution is 2.29. The summed E-state index contributed by atoms with van der Waals surface area (Å²) in [6, 6.07) is 1.33.